The fourth-order valence-corrected chi connectivity index (χ4v) is 3.33. The van der Waals surface area contributed by atoms with E-state index in [2.05, 4.69) is 12.1 Å². The second-order valence-corrected chi connectivity index (χ2v) is 5.81. The van der Waals surface area contributed by atoms with Crippen LogP contribution in [0.15, 0.2) is 30.3 Å². The SMILES string of the molecule is O=C(CCc1ccccc1)OC1C[NH+]2CCC1CC2. The second kappa shape index (κ2) is 5.74. The van der Waals surface area contributed by atoms with Crippen molar-refractivity contribution in [2.75, 3.05) is 19.6 Å². The topological polar surface area (TPSA) is 30.7 Å². The van der Waals surface area contributed by atoms with E-state index < -0.39 is 0 Å². The molecule has 0 aliphatic carbocycles. The molecule has 1 unspecified atom stereocenters. The number of benzene rings is 1. The lowest BCUT2D eigenvalue weighted by atomic mass is 9.86. The van der Waals surface area contributed by atoms with Gasteiger partial charge < -0.3 is 9.64 Å². The van der Waals surface area contributed by atoms with Gasteiger partial charge >= 0.3 is 5.97 Å². The van der Waals surface area contributed by atoms with Crippen LogP contribution in [-0.2, 0) is 16.0 Å². The van der Waals surface area contributed by atoms with Crippen LogP contribution >= 0.6 is 0 Å². The quantitative estimate of drug-likeness (QED) is 0.813. The third kappa shape index (κ3) is 3.16. The van der Waals surface area contributed by atoms with Crippen LogP contribution in [0.2, 0.25) is 0 Å². The van der Waals surface area contributed by atoms with Crippen LogP contribution < -0.4 is 4.90 Å². The van der Waals surface area contributed by atoms with Crippen molar-refractivity contribution in [1.29, 1.82) is 0 Å². The molecule has 1 aromatic rings. The van der Waals surface area contributed by atoms with Crippen molar-refractivity contribution in [2.24, 2.45) is 5.92 Å². The molecule has 3 heteroatoms. The minimum atomic E-state index is -0.0259. The largest absolute Gasteiger partial charge is 0.456 e. The van der Waals surface area contributed by atoms with Gasteiger partial charge in [0.2, 0.25) is 0 Å². The Morgan fingerprint density at radius 1 is 1.21 bits per heavy atom. The maximum Gasteiger partial charge on any atom is 0.306 e. The van der Waals surface area contributed by atoms with E-state index in [1.165, 1.54) is 31.5 Å². The van der Waals surface area contributed by atoms with E-state index in [-0.39, 0.29) is 12.1 Å². The van der Waals surface area contributed by atoms with Crippen molar-refractivity contribution < 1.29 is 14.4 Å². The van der Waals surface area contributed by atoms with Crippen LogP contribution in [0.4, 0.5) is 0 Å². The molecule has 0 saturated carbocycles. The van der Waals surface area contributed by atoms with Crippen molar-refractivity contribution in [2.45, 2.75) is 31.8 Å². The molecule has 0 spiro atoms. The van der Waals surface area contributed by atoms with Gasteiger partial charge in [0, 0.05) is 25.2 Å². The number of carbonyl (C=O) groups is 1. The molecule has 3 nitrogen and oxygen atoms in total. The first-order valence-electron chi connectivity index (χ1n) is 7.38. The van der Waals surface area contributed by atoms with Gasteiger partial charge in [0.15, 0.2) is 6.10 Å². The predicted octanol–water partition coefficient (Wildman–Crippen LogP) is 0.839. The summed E-state index contributed by atoms with van der Waals surface area (Å²) in [7, 11) is 0. The summed E-state index contributed by atoms with van der Waals surface area (Å²) < 4.78 is 5.69. The average Bonchev–Trinajstić information content (AvgIpc) is 2.47. The molecule has 19 heavy (non-hydrogen) atoms. The van der Waals surface area contributed by atoms with E-state index in [4.69, 9.17) is 4.74 Å². The number of esters is 1. The fourth-order valence-electron chi connectivity index (χ4n) is 3.33. The highest BCUT2D eigenvalue weighted by molar-refractivity contribution is 5.70. The second-order valence-electron chi connectivity index (χ2n) is 5.81. The van der Waals surface area contributed by atoms with Crippen LogP contribution in [0.3, 0.4) is 0 Å². The van der Waals surface area contributed by atoms with Crippen molar-refractivity contribution in [1.82, 2.24) is 0 Å². The molecular formula is C16H22NO2+. The minimum absolute atomic E-state index is 0.0259. The monoisotopic (exact) mass is 260 g/mol. The maximum absolute atomic E-state index is 11.9. The van der Waals surface area contributed by atoms with Crippen LogP contribution in [0.5, 0.6) is 0 Å². The standard InChI is InChI=1S/C16H21NO2/c18-16(7-6-13-4-2-1-3-5-13)19-15-12-17-10-8-14(15)9-11-17/h1-5,14-15H,6-12H2/p+1. The zero-order chi connectivity index (χ0) is 13.1. The number of rotatable bonds is 4. The molecule has 2 bridgehead atoms. The Labute approximate surface area is 114 Å². The average molecular weight is 260 g/mol. The highest BCUT2D eigenvalue weighted by Gasteiger charge is 2.39. The molecule has 3 aliphatic heterocycles. The number of piperidine rings is 3. The molecular weight excluding hydrogens is 238 g/mol. The van der Waals surface area contributed by atoms with Gasteiger partial charge in [-0.3, -0.25) is 4.79 Å². The van der Waals surface area contributed by atoms with Crippen LogP contribution in [-0.4, -0.2) is 31.7 Å². The summed E-state index contributed by atoms with van der Waals surface area (Å²) in [6, 6.07) is 10.1. The third-order valence-electron chi connectivity index (χ3n) is 4.50. The van der Waals surface area contributed by atoms with Gasteiger partial charge in [-0.25, -0.2) is 0 Å². The first kappa shape index (κ1) is 12.7. The van der Waals surface area contributed by atoms with Gasteiger partial charge in [-0.15, -0.1) is 0 Å². The normalized spacial score (nSPS) is 29.2. The van der Waals surface area contributed by atoms with Gasteiger partial charge in [-0.2, -0.15) is 0 Å². The zero-order valence-corrected chi connectivity index (χ0v) is 11.3. The number of fused-ring (bicyclic) bond motifs is 3. The summed E-state index contributed by atoms with van der Waals surface area (Å²) in [6.07, 6.45) is 3.93. The van der Waals surface area contributed by atoms with Gasteiger partial charge in [0.1, 0.15) is 6.54 Å². The van der Waals surface area contributed by atoms with Gasteiger partial charge in [-0.1, -0.05) is 30.3 Å². The Kier molecular flexibility index (Phi) is 3.83. The summed E-state index contributed by atoms with van der Waals surface area (Å²) in [6.45, 7) is 3.56. The summed E-state index contributed by atoms with van der Waals surface area (Å²) in [4.78, 5) is 13.5. The van der Waals surface area contributed by atoms with Crippen LogP contribution in [0, 0.1) is 5.92 Å². The highest BCUT2D eigenvalue weighted by Crippen LogP contribution is 2.21. The Hall–Kier alpha value is -1.35. The van der Waals surface area contributed by atoms with Gasteiger partial charge in [0.05, 0.1) is 13.1 Å². The van der Waals surface area contributed by atoms with E-state index in [9.17, 15) is 4.79 Å². The molecule has 102 valence electrons. The number of nitrogens with one attached hydrogen (secondary N) is 1. The number of aryl methyl sites for hydroxylation is 1. The van der Waals surface area contributed by atoms with Gasteiger partial charge in [0.25, 0.3) is 0 Å². The van der Waals surface area contributed by atoms with Gasteiger partial charge in [-0.05, 0) is 12.0 Å². The predicted molar refractivity (Wildman–Crippen MR) is 72.9 cm³/mol. The Bertz CT molecular complexity index is 424. The van der Waals surface area contributed by atoms with Crippen LogP contribution in [0.25, 0.3) is 0 Å². The van der Waals surface area contributed by atoms with E-state index in [1.54, 1.807) is 4.90 Å². The molecule has 0 aromatic heterocycles. The lowest BCUT2D eigenvalue weighted by Gasteiger charge is -2.41. The van der Waals surface area contributed by atoms with E-state index >= 15 is 0 Å². The Morgan fingerprint density at radius 3 is 2.58 bits per heavy atom. The molecule has 1 atom stereocenters. The molecule has 4 rings (SSSR count). The third-order valence-corrected chi connectivity index (χ3v) is 4.50. The first-order valence-corrected chi connectivity index (χ1v) is 7.38. The van der Waals surface area contributed by atoms with Crippen molar-refractivity contribution >= 4 is 5.97 Å². The Morgan fingerprint density at radius 2 is 1.95 bits per heavy atom. The van der Waals surface area contributed by atoms with Crippen molar-refractivity contribution in [3.63, 3.8) is 0 Å². The zero-order valence-electron chi connectivity index (χ0n) is 11.3. The first-order chi connectivity index (χ1) is 9.31. The highest BCUT2D eigenvalue weighted by atomic mass is 16.5. The molecule has 3 aliphatic rings. The summed E-state index contributed by atoms with van der Waals surface area (Å²) in [5, 5.41) is 0. The molecule has 0 radical (unpaired) electrons. The number of quaternary nitrogens is 1. The molecule has 1 N–H and O–H groups in total. The molecule has 3 fully saturated rings. The molecule has 3 saturated heterocycles. The number of hydrogen-bond acceptors (Lipinski definition) is 2. The molecule has 1 aromatic carbocycles. The van der Waals surface area contributed by atoms with E-state index in [0.717, 1.165) is 13.0 Å². The fraction of sp³-hybridized carbons (Fsp3) is 0.562. The van der Waals surface area contributed by atoms with Crippen molar-refractivity contribution in [3.05, 3.63) is 35.9 Å². The number of ether oxygens (including phenoxy) is 1. The lowest BCUT2D eigenvalue weighted by Crippen LogP contribution is -3.16. The minimum Gasteiger partial charge on any atom is -0.456 e. The van der Waals surface area contributed by atoms with Crippen LogP contribution in [0.1, 0.15) is 24.8 Å². The lowest BCUT2D eigenvalue weighted by molar-refractivity contribution is -0.920. The van der Waals surface area contributed by atoms with Crippen molar-refractivity contribution in [3.8, 4) is 0 Å². The molecule has 0 amide bonds. The summed E-state index contributed by atoms with van der Waals surface area (Å²) in [5.41, 5.74) is 1.21. The van der Waals surface area contributed by atoms with E-state index in [0.29, 0.717) is 12.3 Å². The number of carbonyl (C=O) groups excluding carboxylic acids is 1. The molecule has 3 heterocycles. The smallest absolute Gasteiger partial charge is 0.306 e. The Balaban J connectivity index is 1.46. The summed E-state index contributed by atoms with van der Waals surface area (Å²) >= 11 is 0. The summed E-state index contributed by atoms with van der Waals surface area (Å²) in [5.74, 6) is 0.597. The maximum atomic E-state index is 11.9. The van der Waals surface area contributed by atoms with E-state index in [1.807, 2.05) is 18.2 Å². The number of hydrogen-bond donors (Lipinski definition) is 1.